The Hall–Kier alpha value is -3.81. The smallest absolute Gasteiger partial charge is 0.416 e. The number of amides is 2. The van der Waals surface area contributed by atoms with Gasteiger partial charge in [-0.25, -0.2) is 0 Å². The van der Waals surface area contributed by atoms with Crippen LogP contribution in [0.3, 0.4) is 0 Å². The number of rotatable bonds is 7. The number of aromatic hydroxyl groups is 1. The third-order valence-electron chi connectivity index (χ3n) is 4.66. The van der Waals surface area contributed by atoms with Crippen molar-refractivity contribution in [2.24, 2.45) is 0 Å². The van der Waals surface area contributed by atoms with Crippen molar-refractivity contribution >= 4 is 12.3 Å². The Labute approximate surface area is 217 Å². The van der Waals surface area contributed by atoms with Crippen LogP contribution in [0, 0.1) is 0 Å². The highest BCUT2D eigenvalue weighted by atomic mass is 19.4. The maximum Gasteiger partial charge on any atom is 0.416 e. The fourth-order valence-corrected chi connectivity index (χ4v) is 2.74. The summed E-state index contributed by atoms with van der Waals surface area (Å²) in [5.74, 6) is -0.229. The predicted octanol–water partition coefficient (Wildman–Crippen LogP) is 6.41. The van der Waals surface area contributed by atoms with Crippen LogP contribution in [0.4, 0.5) is 13.2 Å². The summed E-state index contributed by atoms with van der Waals surface area (Å²) in [6.07, 6.45) is -1.88. The molecule has 3 N–H and O–H groups in total. The summed E-state index contributed by atoms with van der Waals surface area (Å²) in [6, 6.07) is 21.9. The largest absolute Gasteiger partial charge is 0.508 e. The van der Waals surface area contributed by atoms with Crippen LogP contribution in [0.2, 0.25) is 0 Å². The minimum absolute atomic E-state index is 0.0497. The summed E-state index contributed by atoms with van der Waals surface area (Å²) in [4.78, 5) is 21.3. The summed E-state index contributed by atoms with van der Waals surface area (Å²) < 4.78 is 36.3. The molecule has 3 aromatic rings. The van der Waals surface area contributed by atoms with Gasteiger partial charge in [-0.1, -0.05) is 82.3 Å². The van der Waals surface area contributed by atoms with Crippen molar-refractivity contribution in [2.75, 3.05) is 13.1 Å². The molecule has 0 radical (unpaired) electrons. The molecule has 0 heterocycles. The van der Waals surface area contributed by atoms with Gasteiger partial charge in [-0.3, -0.25) is 9.59 Å². The molecule has 0 saturated carbocycles. The normalized spacial score (nSPS) is 9.70. The van der Waals surface area contributed by atoms with Gasteiger partial charge >= 0.3 is 6.18 Å². The molecule has 8 heteroatoms. The van der Waals surface area contributed by atoms with Crippen LogP contribution >= 0.6 is 0 Å². The van der Waals surface area contributed by atoms with Crippen molar-refractivity contribution in [2.45, 2.75) is 46.7 Å². The number of carbonyl (C=O) groups excluding carboxylic acids is 2. The fourth-order valence-electron chi connectivity index (χ4n) is 2.74. The SMILES string of the molecule is CC.CCc1cccc(C(F)(F)F)c1.CCc1ccccc1.O=CNCCNC(=O)c1cccc(O)c1. The molecule has 0 saturated heterocycles. The zero-order chi connectivity index (χ0) is 28.1. The fraction of sp³-hybridized carbons (Fsp3) is 0.310. The highest BCUT2D eigenvalue weighted by Gasteiger charge is 2.30. The Morgan fingerprint density at radius 3 is 1.95 bits per heavy atom. The van der Waals surface area contributed by atoms with Gasteiger partial charge in [-0.05, 0) is 48.2 Å². The molecule has 0 unspecified atom stereocenters. The van der Waals surface area contributed by atoms with Gasteiger partial charge in [0.15, 0.2) is 0 Å². The van der Waals surface area contributed by atoms with Crippen LogP contribution in [-0.2, 0) is 23.8 Å². The van der Waals surface area contributed by atoms with Crippen LogP contribution in [0.1, 0.15) is 54.7 Å². The van der Waals surface area contributed by atoms with Crippen LogP contribution in [0.5, 0.6) is 5.75 Å². The van der Waals surface area contributed by atoms with Crippen LogP contribution in [0.15, 0.2) is 78.9 Å². The number of alkyl halides is 3. The van der Waals surface area contributed by atoms with E-state index in [2.05, 4.69) is 41.8 Å². The van der Waals surface area contributed by atoms with E-state index >= 15 is 0 Å². The number of carbonyl (C=O) groups is 2. The molecule has 37 heavy (non-hydrogen) atoms. The Kier molecular flexibility index (Phi) is 17.4. The maximum absolute atomic E-state index is 12.1. The second-order valence-corrected chi connectivity index (χ2v) is 7.27. The lowest BCUT2D eigenvalue weighted by molar-refractivity contribution is -0.137. The van der Waals surface area contributed by atoms with Crippen molar-refractivity contribution < 1.29 is 27.9 Å². The number of halogens is 3. The summed E-state index contributed by atoms with van der Waals surface area (Å²) in [5.41, 5.74) is 1.94. The lowest BCUT2D eigenvalue weighted by Crippen LogP contribution is -2.31. The van der Waals surface area contributed by atoms with Gasteiger partial charge in [-0.2, -0.15) is 13.2 Å². The summed E-state index contributed by atoms with van der Waals surface area (Å²) in [5, 5.41) is 14.1. The van der Waals surface area contributed by atoms with Gasteiger partial charge in [0.05, 0.1) is 5.56 Å². The van der Waals surface area contributed by atoms with E-state index in [0.29, 0.717) is 37.0 Å². The number of benzene rings is 3. The highest BCUT2D eigenvalue weighted by Crippen LogP contribution is 2.29. The molecule has 0 aliphatic heterocycles. The van der Waals surface area contributed by atoms with Crippen molar-refractivity contribution in [3.05, 3.63) is 101 Å². The first-order valence-electron chi connectivity index (χ1n) is 12.2. The lowest BCUT2D eigenvalue weighted by Gasteiger charge is -2.06. The second kappa shape index (κ2) is 19.4. The molecule has 5 nitrogen and oxygen atoms in total. The number of nitrogens with one attached hydrogen (secondary N) is 2. The van der Waals surface area contributed by atoms with E-state index in [0.717, 1.165) is 12.5 Å². The molecule has 0 atom stereocenters. The number of hydrogen-bond donors (Lipinski definition) is 3. The van der Waals surface area contributed by atoms with E-state index < -0.39 is 11.7 Å². The van der Waals surface area contributed by atoms with Crippen molar-refractivity contribution in [1.82, 2.24) is 10.6 Å². The van der Waals surface area contributed by atoms with Crippen molar-refractivity contribution in [3.8, 4) is 5.75 Å². The minimum Gasteiger partial charge on any atom is -0.508 e. The molecule has 0 aromatic heterocycles. The zero-order valence-electron chi connectivity index (χ0n) is 21.8. The summed E-state index contributed by atoms with van der Waals surface area (Å²) >= 11 is 0. The van der Waals surface area contributed by atoms with E-state index in [1.54, 1.807) is 18.2 Å². The Morgan fingerprint density at radius 1 is 0.838 bits per heavy atom. The average molecular weight is 519 g/mol. The maximum atomic E-state index is 12.1. The molecule has 0 spiro atoms. The van der Waals surface area contributed by atoms with Gasteiger partial charge in [0.2, 0.25) is 6.41 Å². The Balaban J connectivity index is 0.000000528. The number of aryl methyl sites for hydroxylation is 2. The van der Waals surface area contributed by atoms with Crippen LogP contribution in [-0.4, -0.2) is 30.5 Å². The van der Waals surface area contributed by atoms with E-state index in [1.165, 1.54) is 29.8 Å². The van der Waals surface area contributed by atoms with E-state index in [9.17, 15) is 22.8 Å². The summed E-state index contributed by atoms with van der Waals surface area (Å²) in [7, 11) is 0. The second-order valence-electron chi connectivity index (χ2n) is 7.27. The first-order valence-corrected chi connectivity index (χ1v) is 12.2. The van der Waals surface area contributed by atoms with Gasteiger partial charge in [0.1, 0.15) is 5.75 Å². The highest BCUT2D eigenvalue weighted by molar-refractivity contribution is 5.94. The molecule has 3 rings (SSSR count). The molecule has 0 bridgehead atoms. The number of hydrogen-bond acceptors (Lipinski definition) is 3. The minimum atomic E-state index is -4.22. The molecule has 0 aliphatic rings. The van der Waals surface area contributed by atoms with Crippen molar-refractivity contribution in [1.29, 1.82) is 0 Å². The van der Waals surface area contributed by atoms with Crippen LogP contribution in [0.25, 0.3) is 0 Å². The molecule has 0 fully saturated rings. The van der Waals surface area contributed by atoms with E-state index in [1.807, 2.05) is 26.8 Å². The van der Waals surface area contributed by atoms with Crippen molar-refractivity contribution in [3.63, 3.8) is 0 Å². The van der Waals surface area contributed by atoms with Gasteiger partial charge in [0.25, 0.3) is 5.91 Å². The summed E-state index contributed by atoms with van der Waals surface area (Å²) in [6.45, 7) is 8.73. The first kappa shape index (κ1) is 33.2. The molecule has 2 amide bonds. The zero-order valence-corrected chi connectivity index (χ0v) is 21.8. The first-order chi connectivity index (χ1) is 17.7. The third kappa shape index (κ3) is 15.0. The predicted molar refractivity (Wildman–Crippen MR) is 142 cm³/mol. The molecular formula is C29H37F3N2O3. The molecule has 3 aromatic carbocycles. The molecular weight excluding hydrogens is 481 g/mol. The number of phenolic OH excluding ortho intramolecular Hbond substituents is 1. The van der Waals surface area contributed by atoms with Gasteiger partial charge in [0, 0.05) is 18.7 Å². The van der Waals surface area contributed by atoms with Gasteiger partial charge in [-0.15, -0.1) is 0 Å². The Morgan fingerprint density at radius 2 is 1.43 bits per heavy atom. The molecule has 202 valence electrons. The lowest BCUT2D eigenvalue weighted by atomic mass is 10.1. The standard InChI is InChI=1S/C10H12N2O3.C9H9F3.C8H10.C2H6/c13-7-11-4-5-12-10(15)8-2-1-3-9(14)6-8;1-2-7-4-3-5-8(6-7)9(10,11)12;1-2-8-6-4-3-5-7-8;1-2/h1-3,6-7,14H,4-5H2,(H,11,13)(H,12,15);3-6H,2H2,1H3;3-7H,2H2,1H3;1-2H3. The van der Waals surface area contributed by atoms with Gasteiger partial charge < -0.3 is 15.7 Å². The third-order valence-corrected chi connectivity index (χ3v) is 4.66. The topological polar surface area (TPSA) is 78.4 Å². The molecule has 0 aliphatic carbocycles. The van der Waals surface area contributed by atoms with Crippen LogP contribution < -0.4 is 10.6 Å². The van der Waals surface area contributed by atoms with E-state index in [-0.39, 0.29) is 11.7 Å². The quantitative estimate of drug-likeness (QED) is 0.250. The number of phenols is 1. The van der Waals surface area contributed by atoms with E-state index in [4.69, 9.17) is 5.11 Å². The monoisotopic (exact) mass is 518 g/mol. The Bertz CT molecular complexity index is 1030. The average Bonchev–Trinajstić information content (AvgIpc) is 2.93.